The molecular weight excluding hydrogens is 355 g/mol. The molecule has 0 atom stereocenters. The SMILES string of the molecule is COc1cc(/C=N/NC(=O)COc2ccccc2Cl)cc(Cl)c1O. The quantitative estimate of drug-likeness (QED) is 0.605. The molecule has 2 aromatic carbocycles. The van der Waals surface area contributed by atoms with Gasteiger partial charge < -0.3 is 14.6 Å². The minimum Gasteiger partial charge on any atom is -0.503 e. The molecule has 0 aliphatic heterocycles. The van der Waals surface area contributed by atoms with Gasteiger partial charge in [-0.3, -0.25) is 4.79 Å². The topological polar surface area (TPSA) is 80.2 Å². The molecule has 126 valence electrons. The van der Waals surface area contributed by atoms with Crippen LogP contribution in [-0.2, 0) is 4.79 Å². The molecule has 0 spiro atoms. The van der Waals surface area contributed by atoms with Crippen molar-refractivity contribution in [1.82, 2.24) is 5.43 Å². The summed E-state index contributed by atoms with van der Waals surface area (Å²) in [6.07, 6.45) is 1.36. The highest BCUT2D eigenvalue weighted by Crippen LogP contribution is 2.34. The lowest BCUT2D eigenvalue weighted by Crippen LogP contribution is -2.24. The highest BCUT2D eigenvalue weighted by Gasteiger charge is 2.08. The summed E-state index contributed by atoms with van der Waals surface area (Å²) in [6.45, 7) is -0.235. The van der Waals surface area contributed by atoms with Gasteiger partial charge in [0.15, 0.2) is 18.1 Å². The van der Waals surface area contributed by atoms with E-state index in [1.165, 1.54) is 25.5 Å². The Balaban J connectivity index is 1.91. The maximum Gasteiger partial charge on any atom is 0.277 e. The van der Waals surface area contributed by atoms with Gasteiger partial charge in [0.05, 0.1) is 23.4 Å². The smallest absolute Gasteiger partial charge is 0.277 e. The Morgan fingerprint density at radius 2 is 2.00 bits per heavy atom. The van der Waals surface area contributed by atoms with Crippen molar-refractivity contribution in [3.8, 4) is 17.2 Å². The van der Waals surface area contributed by atoms with Crippen molar-refractivity contribution in [2.24, 2.45) is 5.10 Å². The number of hydrogen-bond acceptors (Lipinski definition) is 5. The third-order valence-corrected chi connectivity index (χ3v) is 3.47. The summed E-state index contributed by atoms with van der Waals surface area (Å²) in [6, 6.07) is 9.83. The van der Waals surface area contributed by atoms with Gasteiger partial charge in [0.25, 0.3) is 5.91 Å². The molecule has 0 unspecified atom stereocenters. The zero-order valence-electron chi connectivity index (χ0n) is 12.6. The van der Waals surface area contributed by atoms with E-state index in [-0.39, 0.29) is 23.1 Å². The summed E-state index contributed by atoms with van der Waals surface area (Å²) >= 11 is 11.8. The molecule has 2 rings (SSSR count). The van der Waals surface area contributed by atoms with E-state index < -0.39 is 5.91 Å². The van der Waals surface area contributed by atoms with Crippen molar-refractivity contribution in [3.63, 3.8) is 0 Å². The lowest BCUT2D eigenvalue weighted by molar-refractivity contribution is -0.123. The molecule has 0 radical (unpaired) electrons. The van der Waals surface area contributed by atoms with E-state index in [1.54, 1.807) is 24.3 Å². The fraction of sp³-hybridized carbons (Fsp3) is 0.125. The van der Waals surface area contributed by atoms with Gasteiger partial charge in [0.1, 0.15) is 5.75 Å². The van der Waals surface area contributed by atoms with Gasteiger partial charge in [0, 0.05) is 0 Å². The monoisotopic (exact) mass is 368 g/mol. The number of hydrazone groups is 1. The van der Waals surface area contributed by atoms with Crippen LogP contribution in [0.3, 0.4) is 0 Å². The maximum absolute atomic E-state index is 11.7. The minimum atomic E-state index is -0.456. The van der Waals surface area contributed by atoms with Crippen molar-refractivity contribution in [2.45, 2.75) is 0 Å². The third kappa shape index (κ3) is 4.78. The molecule has 0 heterocycles. The van der Waals surface area contributed by atoms with Crippen molar-refractivity contribution in [3.05, 3.63) is 52.0 Å². The number of amides is 1. The first-order valence-corrected chi connectivity index (χ1v) is 7.52. The predicted octanol–water partition coefficient (Wildman–Crippen LogP) is 3.24. The first kappa shape index (κ1) is 17.9. The molecule has 2 N–H and O–H groups in total. The second-order valence-corrected chi connectivity index (χ2v) is 5.38. The van der Waals surface area contributed by atoms with Gasteiger partial charge in [-0.15, -0.1) is 0 Å². The molecule has 0 bridgehead atoms. The number of benzene rings is 2. The molecule has 1 amide bonds. The summed E-state index contributed by atoms with van der Waals surface area (Å²) in [5.74, 6) is 0.00202. The second kappa shape index (κ2) is 8.42. The minimum absolute atomic E-state index is 0.115. The van der Waals surface area contributed by atoms with Gasteiger partial charge in [0.2, 0.25) is 0 Å². The van der Waals surface area contributed by atoms with Crippen LogP contribution < -0.4 is 14.9 Å². The fourth-order valence-electron chi connectivity index (χ4n) is 1.74. The van der Waals surface area contributed by atoms with E-state index in [4.69, 9.17) is 32.7 Å². The van der Waals surface area contributed by atoms with E-state index in [2.05, 4.69) is 10.5 Å². The number of phenolic OH excluding ortho intramolecular Hbond substituents is 1. The number of nitrogens with one attached hydrogen (secondary N) is 1. The zero-order valence-corrected chi connectivity index (χ0v) is 14.1. The molecule has 0 fully saturated rings. The van der Waals surface area contributed by atoms with Crippen molar-refractivity contribution >= 4 is 35.3 Å². The Hall–Kier alpha value is -2.44. The number of aromatic hydroxyl groups is 1. The van der Waals surface area contributed by atoms with Gasteiger partial charge in [-0.25, -0.2) is 5.43 Å². The molecule has 0 saturated heterocycles. The fourth-order valence-corrected chi connectivity index (χ4v) is 2.15. The van der Waals surface area contributed by atoms with Crippen LogP contribution in [0.2, 0.25) is 10.0 Å². The molecule has 0 aliphatic rings. The molecule has 0 aliphatic carbocycles. The molecule has 0 aromatic heterocycles. The average molecular weight is 369 g/mol. The number of phenols is 1. The Bertz CT molecular complexity index is 766. The largest absolute Gasteiger partial charge is 0.503 e. The Morgan fingerprint density at radius 3 is 2.71 bits per heavy atom. The van der Waals surface area contributed by atoms with Gasteiger partial charge in [-0.2, -0.15) is 5.10 Å². The van der Waals surface area contributed by atoms with Crippen LogP contribution in [0.25, 0.3) is 0 Å². The first-order chi connectivity index (χ1) is 11.5. The number of halogens is 2. The van der Waals surface area contributed by atoms with Crippen LogP contribution in [0.1, 0.15) is 5.56 Å². The average Bonchev–Trinajstić information content (AvgIpc) is 2.57. The van der Waals surface area contributed by atoms with E-state index >= 15 is 0 Å². The third-order valence-electron chi connectivity index (χ3n) is 2.87. The van der Waals surface area contributed by atoms with Crippen LogP contribution in [0.5, 0.6) is 17.2 Å². The number of methoxy groups -OCH3 is 1. The molecular formula is C16H14Cl2N2O4. The highest BCUT2D eigenvalue weighted by atomic mass is 35.5. The Kier molecular flexibility index (Phi) is 6.28. The van der Waals surface area contributed by atoms with Crippen LogP contribution >= 0.6 is 23.2 Å². The summed E-state index contributed by atoms with van der Waals surface area (Å²) in [5, 5.41) is 14.0. The number of rotatable bonds is 6. The number of hydrogen-bond donors (Lipinski definition) is 2. The van der Waals surface area contributed by atoms with Gasteiger partial charge in [-0.1, -0.05) is 35.3 Å². The number of carbonyl (C=O) groups excluding carboxylic acids is 1. The lowest BCUT2D eigenvalue weighted by atomic mass is 10.2. The molecule has 6 nitrogen and oxygen atoms in total. The van der Waals surface area contributed by atoms with Gasteiger partial charge >= 0.3 is 0 Å². The highest BCUT2D eigenvalue weighted by molar-refractivity contribution is 6.32. The zero-order chi connectivity index (χ0) is 17.5. The molecule has 8 heteroatoms. The summed E-state index contributed by atoms with van der Waals surface area (Å²) in [7, 11) is 1.40. The van der Waals surface area contributed by atoms with Crippen molar-refractivity contribution in [1.29, 1.82) is 0 Å². The molecule has 24 heavy (non-hydrogen) atoms. The number of ether oxygens (including phenoxy) is 2. The van der Waals surface area contributed by atoms with E-state index in [0.717, 1.165) is 0 Å². The van der Waals surface area contributed by atoms with Crippen LogP contribution in [-0.4, -0.2) is 30.9 Å². The van der Waals surface area contributed by atoms with E-state index in [0.29, 0.717) is 16.3 Å². The number of carbonyl (C=O) groups is 1. The van der Waals surface area contributed by atoms with Crippen molar-refractivity contribution in [2.75, 3.05) is 13.7 Å². The summed E-state index contributed by atoms with van der Waals surface area (Å²) in [5.41, 5.74) is 2.85. The predicted molar refractivity (Wildman–Crippen MR) is 92.4 cm³/mol. The van der Waals surface area contributed by atoms with Crippen LogP contribution in [0.4, 0.5) is 0 Å². The molecule has 2 aromatic rings. The lowest BCUT2D eigenvalue weighted by Gasteiger charge is -2.07. The van der Waals surface area contributed by atoms with E-state index in [1.807, 2.05) is 0 Å². The van der Waals surface area contributed by atoms with Crippen molar-refractivity contribution < 1.29 is 19.4 Å². The maximum atomic E-state index is 11.7. The van der Waals surface area contributed by atoms with Crippen LogP contribution in [0, 0.1) is 0 Å². The standard InChI is InChI=1S/C16H14Cl2N2O4/c1-23-14-7-10(6-12(18)16(14)22)8-19-20-15(21)9-24-13-5-3-2-4-11(13)17/h2-8,22H,9H2,1H3,(H,20,21)/b19-8+. The normalized spacial score (nSPS) is 10.6. The number of nitrogens with zero attached hydrogens (tertiary/aromatic N) is 1. The number of para-hydroxylation sites is 1. The van der Waals surface area contributed by atoms with Gasteiger partial charge in [-0.05, 0) is 29.8 Å². The first-order valence-electron chi connectivity index (χ1n) is 6.77. The summed E-state index contributed by atoms with van der Waals surface area (Å²) < 4.78 is 10.3. The Labute approximate surface area is 148 Å². The van der Waals surface area contributed by atoms with E-state index in [9.17, 15) is 9.90 Å². The second-order valence-electron chi connectivity index (χ2n) is 4.57. The Morgan fingerprint density at radius 1 is 1.25 bits per heavy atom. The molecule has 0 saturated carbocycles. The summed E-state index contributed by atoms with van der Waals surface area (Å²) in [4.78, 5) is 11.7. The van der Waals surface area contributed by atoms with Crippen LogP contribution in [0.15, 0.2) is 41.5 Å².